The molecule has 4 rings (SSSR count). The number of methoxy groups -OCH3 is 1. The molecular formula is C22H19N3O4S2. The second-order valence-electron chi connectivity index (χ2n) is 6.72. The number of sulfonamides is 1. The molecule has 158 valence electrons. The van der Waals surface area contributed by atoms with Gasteiger partial charge < -0.3 is 10.1 Å². The molecule has 1 amide bonds. The molecule has 1 aromatic heterocycles. The van der Waals surface area contributed by atoms with Gasteiger partial charge in [0.05, 0.1) is 27.9 Å². The summed E-state index contributed by atoms with van der Waals surface area (Å²) in [5.74, 6) is 0.0383. The zero-order valence-electron chi connectivity index (χ0n) is 16.7. The Bertz CT molecular complexity index is 1350. The van der Waals surface area contributed by atoms with Gasteiger partial charge in [-0.1, -0.05) is 24.3 Å². The monoisotopic (exact) mass is 453 g/mol. The molecule has 1 heterocycles. The first-order chi connectivity index (χ1) is 14.9. The number of rotatable bonds is 6. The van der Waals surface area contributed by atoms with Crippen molar-refractivity contribution in [1.29, 1.82) is 0 Å². The first-order valence-electron chi connectivity index (χ1n) is 9.30. The highest BCUT2D eigenvalue weighted by molar-refractivity contribution is 7.92. The van der Waals surface area contributed by atoms with Crippen LogP contribution >= 0.6 is 11.3 Å². The molecular weight excluding hydrogens is 434 g/mol. The summed E-state index contributed by atoms with van der Waals surface area (Å²) in [5, 5.41) is 3.39. The van der Waals surface area contributed by atoms with E-state index in [4.69, 9.17) is 4.74 Å². The van der Waals surface area contributed by atoms with Crippen LogP contribution in [0.3, 0.4) is 0 Å². The second kappa shape index (κ2) is 8.37. The van der Waals surface area contributed by atoms with E-state index in [-0.39, 0.29) is 16.5 Å². The SMILES string of the molecule is COc1ccc(S(=O)(=O)Nc2cccc(-c3nc4ccccc4s3)c2)cc1NC(C)=O. The number of amides is 1. The molecule has 7 nitrogen and oxygen atoms in total. The third-order valence-corrected chi connectivity index (χ3v) is 6.91. The van der Waals surface area contributed by atoms with E-state index in [1.165, 1.54) is 32.2 Å². The predicted molar refractivity (Wildman–Crippen MR) is 123 cm³/mol. The summed E-state index contributed by atoms with van der Waals surface area (Å²) in [5.41, 5.74) is 2.40. The van der Waals surface area contributed by atoms with Crippen molar-refractivity contribution in [1.82, 2.24) is 4.98 Å². The van der Waals surface area contributed by atoms with Gasteiger partial charge >= 0.3 is 0 Å². The van der Waals surface area contributed by atoms with Gasteiger partial charge in [-0.15, -0.1) is 11.3 Å². The fourth-order valence-corrected chi connectivity index (χ4v) is 5.10. The predicted octanol–water partition coefficient (Wildman–Crippen LogP) is 4.73. The summed E-state index contributed by atoms with van der Waals surface area (Å²) < 4.78 is 34.7. The van der Waals surface area contributed by atoms with Crippen LogP contribution in [0.25, 0.3) is 20.8 Å². The number of ether oxygens (including phenoxy) is 1. The van der Waals surface area contributed by atoms with Gasteiger partial charge in [-0.25, -0.2) is 13.4 Å². The first kappa shape index (κ1) is 20.8. The maximum absolute atomic E-state index is 13.0. The zero-order valence-corrected chi connectivity index (χ0v) is 18.4. The zero-order chi connectivity index (χ0) is 22.0. The summed E-state index contributed by atoms with van der Waals surface area (Å²) in [4.78, 5) is 16.1. The van der Waals surface area contributed by atoms with Crippen molar-refractivity contribution >= 4 is 48.9 Å². The minimum atomic E-state index is -3.89. The number of aromatic nitrogens is 1. The molecule has 0 saturated heterocycles. The number of thiazole rings is 1. The number of nitrogens with one attached hydrogen (secondary N) is 2. The Morgan fingerprint density at radius 2 is 1.84 bits per heavy atom. The van der Waals surface area contributed by atoms with Crippen LogP contribution in [0.4, 0.5) is 11.4 Å². The van der Waals surface area contributed by atoms with E-state index in [1.54, 1.807) is 29.5 Å². The fourth-order valence-electron chi connectivity index (χ4n) is 3.07. The van der Waals surface area contributed by atoms with Gasteiger partial charge in [0.15, 0.2) is 0 Å². The van der Waals surface area contributed by atoms with Crippen LogP contribution in [0, 0.1) is 0 Å². The van der Waals surface area contributed by atoms with Crippen LogP contribution < -0.4 is 14.8 Å². The van der Waals surface area contributed by atoms with E-state index in [9.17, 15) is 13.2 Å². The van der Waals surface area contributed by atoms with Crippen molar-refractivity contribution in [2.75, 3.05) is 17.1 Å². The number of nitrogens with zero attached hydrogens (tertiary/aromatic N) is 1. The topological polar surface area (TPSA) is 97.4 Å². The van der Waals surface area contributed by atoms with Crippen molar-refractivity contribution in [2.24, 2.45) is 0 Å². The van der Waals surface area contributed by atoms with E-state index >= 15 is 0 Å². The Balaban J connectivity index is 1.64. The molecule has 0 aliphatic rings. The number of carbonyl (C=O) groups is 1. The molecule has 0 aliphatic heterocycles. The summed E-state index contributed by atoms with van der Waals surface area (Å²) >= 11 is 1.54. The number of para-hydroxylation sites is 1. The van der Waals surface area contributed by atoms with E-state index in [0.717, 1.165) is 20.8 Å². The van der Waals surface area contributed by atoms with E-state index in [2.05, 4.69) is 15.0 Å². The van der Waals surface area contributed by atoms with Gasteiger partial charge in [0.25, 0.3) is 10.0 Å². The Morgan fingerprint density at radius 1 is 1.03 bits per heavy atom. The quantitative estimate of drug-likeness (QED) is 0.440. The summed E-state index contributed by atoms with van der Waals surface area (Å²) in [6, 6.07) is 19.2. The Kier molecular flexibility index (Phi) is 5.62. The summed E-state index contributed by atoms with van der Waals surface area (Å²) in [6.45, 7) is 1.34. The molecule has 0 atom stereocenters. The Labute approximate surface area is 183 Å². The van der Waals surface area contributed by atoms with E-state index < -0.39 is 10.0 Å². The van der Waals surface area contributed by atoms with E-state index in [1.807, 2.05) is 30.3 Å². The molecule has 0 unspecified atom stereocenters. The second-order valence-corrected chi connectivity index (χ2v) is 9.43. The van der Waals surface area contributed by atoms with Crippen LogP contribution in [0.5, 0.6) is 5.75 Å². The van der Waals surface area contributed by atoms with E-state index in [0.29, 0.717) is 11.4 Å². The lowest BCUT2D eigenvalue weighted by atomic mass is 10.2. The van der Waals surface area contributed by atoms with Crippen molar-refractivity contribution in [3.05, 3.63) is 66.7 Å². The van der Waals surface area contributed by atoms with Crippen molar-refractivity contribution in [3.8, 4) is 16.3 Å². The van der Waals surface area contributed by atoms with Crippen LogP contribution in [-0.4, -0.2) is 26.4 Å². The average molecular weight is 454 g/mol. The lowest BCUT2D eigenvalue weighted by Crippen LogP contribution is -2.14. The van der Waals surface area contributed by atoms with Crippen molar-refractivity contribution < 1.29 is 17.9 Å². The third-order valence-electron chi connectivity index (χ3n) is 4.45. The normalized spacial score (nSPS) is 11.3. The minimum Gasteiger partial charge on any atom is -0.495 e. The highest BCUT2D eigenvalue weighted by atomic mass is 32.2. The largest absolute Gasteiger partial charge is 0.495 e. The van der Waals surface area contributed by atoms with Crippen molar-refractivity contribution in [3.63, 3.8) is 0 Å². The number of anilines is 2. The van der Waals surface area contributed by atoms with Gasteiger partial charge in [-0.2, -0.15) is 0 Å². The van der Waals surface area contributed by atoms with Crippen LogP contribution in [-0.2, 0) is 14.8 Å². The van der Waals surface area contributed by atoms with Crippen LogP contribution in [0.1, 0.15) is 6.92 Å². The third kappa shape index (κ3) is 4.52. The first-order valence-corrected chi connectivity index (χ1v) is 11.6. The van der Waals surface area contributed by atoms with Crippen molar-refractivity contribution in [2.45, 2.75) is 11.8 Å². The van der Waals surface area contributed by atoms with Gasteiger partial charge in [-0.05, 0) is 42.5 Å². The maximum Gasteiger partial charge on any atom is 0.261 e. The number of hydrogen-bond donors (Lipinski definition) is 2. The minimum absolute atomic E-state index is 0.00226. The number of hydrogen-bond acceptors (Lipinski definition) is 6. The molecule has 0 aliphatic carbocycles. The standard InChI is InChI=1S/C22H19N3O4S2/c1-14(26)23-19-13-17(10-11-20(19)29-2)31(27,28)25-16-7-5-6-15(12-16)22-24-18-8-3-4-9-21(18)30-22/h3-13,25H,1-2H3,(H,23,26). The molecule has 3 aromatic carbocycles. The number of benzene rings is 3. The van der Waals surface area contributed by atoms with Gasteiger partial charge in [-0.3, -0.25) is 9.52 Å². The van der Waals surface area contributed by atoms with Gasteiger partial charge in [0, 0.05) is 18.2 Å². The highest BCUT2D eigenvalue weighted by Gasteiger charge is 2.18. The smallest absolute Gasteiger partial charge is 0.261 e. The lowest BCUT2D eigenvalue weighted by Gasteiger charge is -2.13. The summed E-state index contributed by atoms with van der Waals surface area (Å²) in [6.07, 6.45) is 0. The molecule has 0 bridgehead atoms. The molecule has 0 saturated carbocycles. The van der Waals surface area contributed by atoms with Gasteiger partial charge in [0.1, 0.15) is 10.8 Å². The van der Waals surface area contributed by atoms with Crippen LogP contribution in [0.15, 0.2) is 71.6 Å². The molecule has 0 spiro atoms. The Morgan fingerprint density at radius 3 is 2.58 bits per heavy atom. The highest BCUT2D eigenvalue weighted by Crippen LogP contribution is 2.32. The maximum atomic E-state index is 13.0. The molecule has 9 heteroatoms. The summed E-state index contributed by atoms with van der Waals surface area (Å²) in [7, 11) is -2.45. The fraction of sp³-hybridized carbons (Fsp3) is 0.0909. The molecule has 4 aromatic rings. The molecule has 2 N–H and O–H groups in total. The molecule has 31 heavy (non-hydrogen) atoms. The number of fused-ring (bicyclic) bond motifs is 1. The average Bonchev–Trinajstić information content (AvgIpc) is 3.17. The number of carbonyl (C=O) groups excluding carboxylic acids is 1. The Hall–Kier alpha value is -3.43. The lowest BCUT2D eigenvalue weighted by molar-refractivity contribution is -0.114. The van der Waals surface area contributed by atoms with Gasteiger partial charge in [0.2, 0.25) is 5.91 Å². The molecule has 0 radical (unpaired) electrons. The molecule has 0 fully saturated rings. The van der Waals surface area contributed by atoms with Crippen LogP contribution in [0.2, 0.25) is 0 Å².